The fourth-order valence-electron chi connectivity index (χ4n) is 2.03. The van der Waals surface area contributed by atoms with Crippen molar-refractivity contribution in [1.82, 2.24) is 0 Å². The van der Waals surface area contributed by atoms with E-state index < -0.39 is 0 Å². The topological polar surface area (TPSA) is 12.0 Å². The molecular formula is C15H15BrFN. The molecule has 0 fully saturated rings. The Labute approximate surface area is 115 Å². The van der Waals surface area contributed by atoms with Gasteiger partial charge < -0.3 is 5.32 Å². The molecule has 0 spiro atoms. The van der Waals surface area contributed by atoms with Crippen molar-refractivity contribution < 1.29 is 4.39 Å². The maximum absolute atomic E-state index is 13.1. The molecule has 94 valence electrons. The average molecular weight is 308 g/mol. The van der Waals surface area contributed by atoms with Crippen LogP contribution in [0.3, 0.4) is 0 Å². The highest BCUT2D eigenvalue weighted by atomic mass is 79.9. The summed E-state index contributed by atoms with van der Waals surface area (Å²) in [4.78, 5) is 0. The van der Waals surface area contributed by atoms with Crippen molar-refractivity contribution in [3.63, 3.8) is 0 Å². The van der Waals surface area contributed by atoms with Crippen LogP contribution in [0.25, 0.3) is 0 Å². The van der Waals surface area contributed by atoms with Crippen LogP contribution >= 0.6 is 15.9 Å². The van der Waals surface area contributed by atoms with Gasteiger partial charge in [0.15, 0.2) is 0 Å². The van der Waals surface area contributed by atoms with E-state index in [2.05, 4.69) is 47.2 Å². The number of hydrogen-bond donors (Lipinski definition) is 1. The molecule has 0 unspecified atom stereocenters. The van der Waals surface area contributed by atoms with Gasteiger partial charge in [-0.3, -0.25) is 0 Å². The Morgan fingerprint density at radius 3 is 2.39 bits per heavy atom. The second-order valence-corrected chi connectivity index (χ2v) is 5.31. The number of hydrogen-bond acceptors (Lipinski definition) is 1. The summed E-state index contributed by atoms with van der Waals surface area (Å²) in [5.41, 5.74) is 4.41. The SMILES string of the molecule is Cc1cc(Br)cc(C)c1NCc1cccc(F)c1. The molecule has 0 saturated heterocycles. The Morgan fingerprint density at radius 2 is 1.78 bits per heavy atom. The van der Waals surface area contributed by atoms with Crippen molar-refractivity contribution in [1.29, 1.82) is 0 Å². The molecular weight excluding hydrogens is 293 g/mol. The zero-order chi connectivity index (χ0) is 13.1. The largest absolute Gasteiger partial charge is 0.381 e. The molecule has 0 heterocycles. The number of benzene rings is 2. The zero-order valence-corrected chi connectivity index (χ0v) is 12.0. The Kier molecular flexibility index (Phi) is 4.02. The highest BCUT2D eigenvalue weighted by Crippen LogP contribution is 2.25. The molecule has 0 bridgehead atoms. The molecule has 18 heavy (non-hydrogen) atoms. The second kappa shape index (κ2) is 5.53. The van der Waals surface area contributed by atoms with Crippen molar-refractivity contribution in [3.05, 3.63) is 63.4 Å². The zero-order valence-electron chi connectivity index (χ0n) is 10.4. The number of nitrogens with one attached hydrogen (secondary N) is 1. The van der Waals surface area contributed by atoms with Crippen LogP contribution in [-0.2, 0) is 6.54 Å². The van der Waals surface area contributed by atoms with Crippen molar-refractivity contribution in [3.8, 4) is 0 Å². The van der Waals surface area contributed by atoms with Crippen LogP contribution < -0.4 is 5.32 Å². The predicted octanol–water partition coefficient (Wildman–Crippen LogP) is 4.82. The van der Waals surface area contributed by atoms with Gasteiger partial charge in [-0.2, -0.15) is 0 Å². The quantitative estimate of drug-likeness (QED) is 0.857. The third-order valence-electron chi connectivity index (χ3n) is 2.86. The molecule has 0 saturated carbocycles. The van der Waals surface area contributed by atoms with Crippen LogP contribution in [0.2, 0.25) is 0 Å². The van der Waals surface area contributed by atoms with Crippen LogP contribution in [0.5, 0.6) is 0 Å². The smallest absolute Gasteiger partial charge is 0.123 e. The van der Waals surface area contributed by atoms with Gasteiger partial charge in [0.05, 0.1) is 0 Å². The Morgan fingerprint density at radius 1 is 1.11 bits per heavy atom. The maximum atomic E-state index is 13.1. The van der Waals surface area contributed by atoms with Gasteiger partial charge in [-0.1, -0.05) is 28.1 Å². The molecule has 2 rings (SSSR count). The minimum absolute atomic E-state index is 0.196. The van der Waals surface area contributed by atoms with Crippen LogP contribution in [0.4, 0.5) is 10.1 Å². The van der Waals surface area contributed by atoms with E-state index in [0.29, 0.717) is 6.54 Å². The molecule has 0 atom stereocenters. The van der Waals surface area contributed by atoms with E-state index in [1.54, 1.807) is 12.1 Å². The lowest BCUT2D eigenvalue weighted by molar-refractivity contribution is 0.626. The molecule has 2 aromatic carbocycles. The first-order valence-electron chi connectivity index (χ1n) is 5.81. The van der Waals surface area contributed by atoms with Crippen LogP contribution in [0.15, 0.2) is 40.9 Å². The van der Waals surface area contributed by atoms with Crippen LogP contribution in [0, 0.1) is 19.7 Å². The van der Waals surface area contributed by atoms with Gasteiger partial charge in [0.1, 0.15) is 5.82 Å². The molecule has 0 aliphatic rings. The Bertz CT molecular complexity index is 543. The normalized spacial score (nSPS) is 10.4. The van der Waals surface area contributed by atoms with Crippen molar-refractivity contribution in [2.75, 3.05) is 5.32 Å². The van der Waals surface area contributed by atoms with Gasteiger partial charge in [-0.25, -0.2) is 4.39 Å². The Hall–Kier alpha value is -1.35. The fraction of sp³-hybridized carbons (Fsp3) is 0.200. The summed E-state index contributed by atoms with van der Waals surface area (Å²) in [7, 11) is 0. The van der Waals surface area contributed by atoms with Gasteiger partial charge in [-0.05, 0) is 54.8 Å². The minimum atomic E-state index is -0.196. The van der Waals surface area contributed by atoms with Gasteiger partial charge in [0.25, 0.3) is 0 Å². The van der Waals surface area contributed by atoms with Gasteiger partial charge in [-0.15, -0.1) is 0 Å². The number of halogens is 2. The first kappa shape index (κ1) is 13.1. The summed E-state index contributed by atoms with van der Waals surface area (Å²) in [5, 5.41) is 3.36. The summed E-state index contributed by atoms with van der Waals surface area (Å²) >= 11 is 3.48. The van der Waals surface area contributed by atoms with Gasteiger partial charge in [0, 0.05) is 16.7 Å². The van der Waals surface area contributed by atoms with Crippen LogP contribution in [-0.4, -0.2) is 0 Å². The fourth-order valence-corrected chi connectivity index (χ4v) is 2.71. The molecule has 0 aliphatic heterocycles. The molecule has 3 heteroatoms. The summed E-state index contributed by atoms with van der Waals surface area (Å²) in [6.45, 7) is 4.75. The third-order valence-corrected chi connectivity index (χ3v) is 3.31. The molecule has 0 radical (unpaired) electrons. The monoisotopic (exact) mass is 307 g/mol. The van der Waals surface area contributed by atoms with Gasteiger partial charge in [0.2, 0.25) is 0 Å². The molecule has 0 aliphatic carbocycles. The first-order chi connectivity index (χ1) is 8.56. The highest BCUT2D eigenvalue weighted by molar-refractivity contribution is 9.10. The van der Waals surface area contributed by atoms with E-state index in [0.717, 1.165) is 15.7 Å². The lowest BCUT2D eigenvalue weighted by Crippen LogP contribution is -2.03. The van der Waals surface area contributed by atoms with E-state index in [-0.39, 0.29) is 5.82 Å². The molecule has 0 aromatic heterocycles. The maximum Gasteiger partial charge on any atom is 0.123 e. The Balaban J connectivity index is 2.16. The van der Waals surface area contributed by atoms with E-state index >= 15 is 0 Å². The third kappa shape index (κ3) is 3.10. The molecule has 1 N–H and O–H groups in total. The van der Waals surface area contributed by atoms with Crippen LogP contribution in [0.1, 0.15) is 16.7 Å². The summed E-state index contributed by atoms with van der Waals surface area (Å²) in [6, 6.07) is 10.8. The standard InChI is InChI=1S/C15H15BrFN/c1-10-6-13(16)7-11(2)15(10)18-9-12-4-3-5-14(17)8-12/h3-8,18H,9H2,1-2H3. The van der Waals surface area contributed by atoms with E-state index in [1.165, 1.54) is 17.2 Å². The minimum Gasteiger partial charge on any atom is -0.381 e. The molecule has 0 amide bonds. The lowest BCUT2D eigenvalue weighted by Gasteiger charge is -2.13. The van der Waals surface area contributed by atoms with Crippen molar-refractivity contribution in [2.24, 2.45) is 0 Å². The van der Waals surface area contributed by atoms with Crippen molar-refractivity contribution >= 4 is 21.6 Å². The molecule has 1 nitrogen and oxygen atoms in total. The number of aryl methyl sites for hydroxylation is 2. The number of anilines is 1. The predicted molar refractivity (Wildman–Crippen MR) is 77.3 cm³/mol. The summed E-state index contributed by atoms with van der Waals surface area (Å²) in [5.74, 6) is -0.196. The van der Waals surface area contributed by atoms with E-state index in [4.69, 9.17) is 0 Å². The lowest BCUT2D eigenvalue weighted by atomic mass is 10.1. The summed E-state index contributed by atoms with van der Waals surface area (Å²) < 4.78 is 14.1. The highest BCUT2D eigenvalue weighted by Gasteiger charge is 2.04. The first-order valence-corrected chi connectivity index (χ1v) is 6.60. The van der Waals surface area contributed by atoms with E-state index in [9.17, 15) is 4.39 Å². The van der Waals surface area contributed by atoms with E-state index in [1.807, 2.05) is 6.07 Å². The second-order valence-electron chi connectivity index (χ2n) is 4.40. The number of rotatable bonds is 3. The van der Waals surface area contributed by atoms with Crippen molar-refractivity contribution in [2.45, 2.75) is 20.4 Å². The molecule has 2 aromatic rings. The van der Waals surface area contributed by atoms with Gasteiger partial charge >= 0.3 is 0 Å². The summed E-state index contributed by atoms with van der Waals surface area (Å²) in [6.07, 6.45) is 0. The average Bonchev–Trinajstić information content (AvgIpc) is 2.27.